The fourth-order valence-corrected chi connectivity index (χ4v) is 2.70. The number of aromatic nitrogens is 2. The Hall–Kier alpha value is -1.88. The van der Waals surface area contributed by atoms with E-state index in [0.29, 0.717) is 5.56 Å². The molecule has 1 aromatic heterocycles. The average molecular weight is 272 g/mol. The molecule has 0 aliphatic carbocycles. The van der Waals surface area contributed by atoms with Gasteiger partial charge in [0, 0.05) is 18.7 Å². The number of benzene rings is 1. The summed E-state index contributed by atoms with van der Waals surface area (Å²) in [6.07, 6.45) is 3.81. The molecule has 1 fully saturated rings. The van der Waals surface area contributed by atoms with Gasteiger partial charge in [-0.05, 0) is 51.2 Å². The molecule has 5 nitrogen and oxygen atoms in total. The molecule has 1 aliphatic heterocycles. The van der Waals surface area contributed by atoms with E-state index in [0.717, 1.165) is 37.0 Å². The molecule has 20 heavy (non-hydrogen) atoms. The van der Waals surface area contributed by atoms with Crippen molar-refractivity contribution in [1.29, 1.82) is 0 Å². The van der Waals surface area contributed by atoms with Gasteiger partial charge in [0.05, 0.1) is 17.4 Å². The summed E-state index contributed by atoms with van der Waals surface area (Å²) in [5, 5.41) is 3.13. The molecule has 0 atom stereocenters. The number of fused-ring (bicyclic) bond motifs is 1. The maximum absolute atomic E-state index is 12.3. The Morgan fingerprint density at radius 3 is 2.80 bits per heavy atom. The van der Waals surface area contributed by atoms with Crippen LogP contribution in [0.4, 0.5) is 0 Å². The molecule has 1 aromatic carbocycles. The molecular weight excluding hydrogens is 252 g/mol. The second-order valence-corrected chi connectivity index (χ2v) is 5.61. The largest absolute Gasteiger partial charge is 0.349 e. The van der Waals surface area contributed by atoms with Gasteiger partial charge in [0.25, 0.3) is 5.91 Å². The smallest absolute Gasteiger partial charge is 0.251 e. The third-order valence-corrected chi connectivity index (χ3v) is 4.04. The molecule has 0 radical (unpaired) electrons. The summed E-state index contributed by atoms with van der Waals surface area (Å²) in [7, 11) is 4.07. The van der Waals surface area contributed by atoms with E-state index in [1.165, 1.54) is 0 Å². The van der Waals surface area contributed by atoms with Crippen LogP contribution in [0.3, 0.4) is 0 Å². The maximum Gasteiger partial charge on any atom is 0.251 e. The van der Waals surface area contributed by atoms with Crippen molar-refractivity contribution in [2.45, 2.75) is 18.9 Å². The van der Waals surface area contributed by atoms with Gasteiger partial charge in [0.2, 0.25) is 0 Å². The van der Waals surface area contributed by atoms with Gasteiger partial charge in [-0.15, -0.1) is 0 Å². The highest BCUT2D eigenvalue weighted by Crippen LogP contribution is 2.15. The number of carbonyl (C=O) groups excluding carboxylic acids is 1. The number of nitrogens with one attached hydrogen (secondary N) is 1. The molecule has 0 unspecified atom stereocenters. The third-order valence-electron chi connectivity index (χ3n) is 4.04. The van der Waals surface area contributed by atoms with Gasteiger partial charge in [-0.2, -0.15) is 0 Å². The van der Waals surface area contributed by atoms with Crippen molar-refractivity contribution in [3.8, 4) is 0 Å². The van der Waals surface area contributed by atoms with Crippen molar-refractivity contribution in [1.82, 2.24) is 19.8 Å². The van der Waals surface area contributed by atoms with E-state index in [2.05, 4.69) is 22.2 Å². The molecule has 3 rings (SSSR count). The van der Waals surface area contributed by atoms with Crippen LogP contribution in [-0.2, 0) is 7.05 Å². The van der Waals surface area contributed by atoms with Gasteiger partial charge in [-0.25, -0.2) is 4.98 Å². The van der Waals surface area contributed by atoms with Crippen molar-refractivity contribution < 1.29 is 4.79 Å². The topological polar surface area (TPSA) is 50.2 Å². The van der Waals surface area contributed by atoms with Gasteiger partial charge in [-0.1, -0.05) is 0 Å². The molecule has 5 heteroatoms. The Labute approximate surface area is 118 Å². The minimum absolute atomic E-state index is 0.00658. The number of hydrogen-bond acceptors (Lipinski definition) is 3. The molecule has 1 saturated heterocycles. The van der Waals surface area contributed by atoms with E-state index in [1.54, 1.807) is 6.33 Å². The lowest BCUT2D eigenvalue weighted by Crippen LogP contribution is -2.43. The first kappa shape index (κ1) is 13.1. The number of rotatable bonds is 2. The first-order valence-corrected chi connectivity index (χ1v) is 7.04. The van der Waals surface area contributed by atoms with Crippen LogP contribution in [0.2, 0.25) is 0 Å². The molecule has 1 aliphatic rings. The lowest BCUT2D eigenvalue weighted by atomic mass is 10.0. The number of nitrogens with zero attached hydrogens (tertiary/aromatic N) is 3. The normalized spacial score (nSPS) is 17.5. The van der Waals surface area contributed by atoms with E-state index < -0.39 is 0 Å². The van der Waals surface area contributed by atoms with Crippen molar-refractivity contribution in [3.05, 3.63) is 30.1 Å². The van der Waals surface area contributed by atoms with Crippen LogP contribution in [0, 0.1) is 0 Å². The fraction of sp³-hybridized carbons (Fsp3) is 0.467. The van der Waals surface area contributed by atoms with E-state index in [9.17, 15) is 4.79 Å². The summed E-state index contributed by atoms with van der Waals surface area (Å²) in [6, 6.07) is 5.97. The Morgan fingerprint density at radius 1 is 1.30 bits per heavy atom. The number of likely N-dealkylation sites (tertiary alicyclic amines) is 1. The van der Waals surface area contributed by atoms with Crippen molar-refractivity contribution in [3.63, 3.8) is 0 Å². The quantitative estimate of drug-likeness (QED) is 0.899. The van der Waals surface area contributed by atoms with E-state index >= 15 is 0 Å². The van der Waals surface area contributed by atoms with Gasteiger partial charge in [-0.3, -0.25) is 4.79 Å². The van der Waals surface area contributed by atoms with Gasteiger partial charge in [0.1, 0.15) is 0 Å². The van der Waals surface area contributed by atoms with Crippen LogP contribution in [-0.4, -0.2) is 46.5 Å². The number of carbonyl (C=O) groups is 1. The highest BCUT2D eigenvalue weighted by Gasteiger charge is 2.19. The van der Waals surface area contributed by atoms with Crippen LogP contribution < -0.4 is 5.32 Å². The predicted octanol–water partition coefficient (Wildman–Crippen LogP) is 1.40. The SMILES string of the molecule is CN1CCC(NC(=O)c2ccc3c(c2)ncn3C)CC1. The number of amides is 1. The summed E-state index contributed by atoms with van der Waals surface area (Å²) in [5.74, 6) is 0.00658. The Kier molecular flexibility index (Phi) is 3.44. The predicted molar refractivity (Wildman–Crippen MR) is 78.7 cm³/mol. The molecule has 1 N–H and O–H groups in total. The first-order chi connectivity index (χ1) is 9.63. The van der Waals surface area contributed by atoms with Crippen molar-refractivity contribution in [2.75, 3.05) is 20.1 Å². The highest BCUT2D eigenvalue weighted by atomic mass is 16.1. The van der Waals surface area contributed by atoms with Gasteiger partial charge < -0.3 is 14.8 Å². The zero-order valence-electron chi connectivity index (χ0n) is 12.0. The Bertz CT molecular complexity index is 626. The number of piperidine rings is 1. The van der Waals surface area contributed by atoms with Crippen LogP contribution in [0.25, 0.3) is 11.0 Å². The van der Waals surface area contributed by atoms with Crippen LogP contribution >= 0.6 is 0 Å². The summed E-state index contributed by atoms with van der Waals surface area (Å²) in [5.41, 5.74) is 2.60. The lowest BCUT2D eigenvalue weighted by molar-refractivity contribution is 0.0917. The summed E-state index contributed by atoms with van der Waals surface area (Å²) in [4.78, 5) is 18.9. The summed E-state index contributed by atoms with van der Waals surface area (Å²) in [6.45, 7) is 2.09. The third kappa shape index (κ3) is 2.54. The molecule has 106 valence electrons. The van der Waals surface area contributed by atoms with Crippen molar-refractivity contribution in [2.24, 2.45) is 7.05 Å². The molecule has 0 bridgehead atoms. The monoisotopic (exact) mass is 272 g/mol. The maximum atomic E-state index is 12.3. The van der Waals surface area contributed by atoms with Crippen LogP contribution in [0.5, 0.6) is 0 Å². The zero-order chi connectivity index (χ0) is 14.1. The average Bonchev–Trinajstić information content (AvgIpc) is 2.82. The molecule has 0 spiro atoms. The Morgan fingerprint density at radius 2 is 2.05 bits per heavy atom. The van der Waals surface area contributed by atoms with Crippen LogP contribution in [0.15, 0.2) is 24.5 Å². The minimum Gasteiger partial charge on any atom is -0.349 e. The van der Waals surface area contributed by atoms with Crippen LogP contribution in [0.1, 0.15) is 23.2 Å². The molecule has 1 amide bonds. The summed E-state index contributed by atoms with van der Waals surface area (Å²) >= 11 is 0. The molecule has 2 aromatic rings. The second kappa shape index (κ2) is 5.25. The highest BCUT2D eigenvalue weighted by molar-refractivity contribution is 5.97. The number of imidazole rings is 1. The van der Waals surface area contributed by atoms with Crippen molar-refractivity contribution >= 4 is 16.9 Å². The van der Waals surface area contributed by atoms with E-state index in [4.69, 9.17) is 0 Å². The second-order valence-electron chi connectivity index (χ2n) is 5.61. The lowest BCUT2D eigenvalue weighted by Gasteiger charge is -2.29. The summed E-state index contributed by atoms with van der Waals surface area (Å²) < 4.78 is 1.95. The molecule has 2 heterocycles. The molecule has 0 saturated carbocycles. The van der Waals surface area contributed by atoms with Gasteiger partial charge >= 0.3 is 0 Å². The minimum atomic E-state index is 0.00658. The molecular formula is C15H20N4O. The van der Waals surface area contributed by atoms with Gasteiger partial charge in [0.15, 0.2) is 0 Å². The standard InChI is InChI=1S/C15H20N4O/c1-18-7-5-12(6-8-18)17-15(20)11-3-4-14-13(9-11)16-10-19(14)2/h3-4,9-10,12H,5-8H2,1-2H3,(H,17,20). The zero-order valence-corrected chi connectivity index (χ0v) is 12.0. The fourth-order valence-electron chi connectivity index (χ4n) is 2.70. The van der Waals surface area contributed by atoms with E-state index in [1.807, 2.05) is 29.8 Å². The Balaban J connectivity index is 1.72. The number of aryl methyl sites for hydroxylation is 1. The first-order valence-electron chi connectivity index (χ1n) is 7.04. The number of hydrogen-bond donors (Lipinski definition) is 1. The van der Waals surface area contributed by atoms with E-state index in [-0.39, 0.29) is 11.9 Å².